The number of fused-ring (bicyclic) bond motifs is 5. The second-order valence-electron chi connectivity index (χ2n) is 9.34. The van der Waals surface area contributed by atoms with Gasteiger partial charge in [0.15, 0.2) is 0 Å². The van der Waals surface area contributed by atoms with Crippen LogP contribution >= 0.6 is 0 Å². The summed E-state index contributed by atoms with van der Waals surface area (Å²) in [5.41, 5.74) is 1.26. The van der Waals surface area contributed by atoms with Gasteiger partial charge in [-0.15, -0.1) is 0 Å². The Bertz CT molecular complexity index is 768. The molecule has 4 nitrogen and oxygen atoms in total. The van der Waals surface area contributed by atoms with E-state index in [-0.39, 0.29) is 0 Å². The van der Waals surface area contributed by atoms with E-state index in [1.54, 1.807) is 0 Å². The van der Waals surface area contributed by atoms with Crippen LogP contribution in [-0.4, -0.2) is 46.5 Å². The number of piperidine rings is 1. The van der Waals surface area contributed by atoms with E-state index >= 15 is 0 Å². The molecular weight excluding hydrogens is 334 g/mol. The number of rotatable bonds is 7. The Morgan fingerprint density at radius 2 is 2.04 bits per heavy atom. The molecule has 4 heteroatoms. The fourth-order valence-corrected chi connectivity index (χ4v) is 5.27. The number of benzene rings is 1. The van der Waals surface area contributed by atoms with E-state index in [9.17, 15) is 0 Å². The fraction of sp³-hybridized carbons (Fsp3) is 0.696. The fourth-order valence-electron chi connectivity index (χ4n) is 5.27. The van der Waals surface area contributed by atoms with Crippen molar-refractivity contribution in [2.45, 2.75) is 64.1 Å². The highest BCUT2D eigenvalue weighted by Gasteiger charge is 2.39. The Morgan fingerprint density at radius 3 is 2.93 bits per heavy atom. The Hall–Kier alpha value is -1.39. The van der Waals surface area contributed by atoms with E-state index in [1.807, 2.05) is 6.20 Å². The average Bonchev–Trinajstić information content (AvgIpc) is 3.47. The van der Waals surface area contributed by atoms with Crippen molar-refractivity contribution in [1.82, 2.24) is 14.7 Å². The quantitative estimate of drug-likeness (QED) is 0.729. The topological polar surface area (TPSA) is 30.3 Å². The largest absolute Gasteiger partial charge is 0.378 e. The van der Waals surface area contributed by atoms with Gasteiger partial charge in [-0.25, -0.2) is 0 Å². The molecule has 2 aliphatic heterocycles. The molecule has 4 atom stereocenters. The second kappa shape index (κ2) is 7.56. The van der Waals surface area contributed by atoms with Gasteiger partial charge >= 0.3 is 0 Å². The predicted octanol–water partition coefficient (Wildman–Crippen LogP) is 4.34. The number of nitrogens with zero attached hydrogens (tertiary/aromatic N) is 3. The average molecular weight is 368 g/mol. The summed E-state index contributed by atoms with van der Waals surface area (Å²) in [5, 5.41) is 5.88. The van der Waals surface area contributed by atoms with Gasteiger partial charge in [0, 0.05) is 37.7 Å². The van der Waals surface area contributed by atoms with Gasteiger partial charge in [0.25, 0.3) is 0 Å². The normalized spacial score (nSPS) is 29.9. The first-order chi connectivity index (χ1) is 13.3. The lowest BCUT2D eigenvalue weighted by Gasteiger charge is -2.42. The van der Waals surface area contributed by atoms with Crippen LogP contribution in [0.4, 0.5) is 0 Å². The third-order valence-corrected chi connectivity index (χ3v) is 6.95. The van der Waals surface area contributed by atoms with Gasteiger partial charge in [0.05, 0.1) is 17.8 Å². The van der Waals surface area contributed by atoms with E-state index in [2.05, 4.69) is 45.9 Å². The lowest BCUT2D eigenvalue weighted by Crippen LogP contribution is -2.50. The Balaban J connectivity index is 1.20. The summed E-state index contributed by atoms with van der Waals surface area (Å²) in [7, 11) is 0. The molecule has 6 rings (SSSR count). The van der Waals surface area contributed by atoms with Gasteiger partial charge in [-0.05, 0) is 55.9 Å². The molecule has 2 unspecified atom stereocenters. The lowest BCUT2D eigenvalue weighted by molar-refractivity contribution is -0.0530. The number of para-hydroxylation sites is 1. The molecule has 2 bridgehead atoms. The molecular formula is C23H33N3O. The summed E-state index contributed by atoms with van der Waals surface area (Å²) in [6.07, 6.45) is 10.7. The molecule has 146 valence electrons. The van der Waals surface area contributed by atoms with E-state index in [1.165, 1.54) is 62.5 Å². The van der Waals surface area contributed by atoms with Crippen molar-refractivity contribution >= 4 is 10.9 Å². The highest BCUT2D eigenvalue weighted by molar-refractivity contribution is 5.78. The van der Waals surface area contributed by atoms with E-state index < -0.39 is 0 Å². The van der Waals surface area contributed by atoms with Crippen LogP contribution in [0.15, 0.2) is 30.5 Å². The van der Waals surface area contributed by atoms with Gasteiger partial charge < -0.3 is 4.74 Å². The van der Waals surface area contributed by atoms with Crippen LogP contribution in [0.2, 0.25) is 0 Å². The maximum Gasteiger partial charge on any atom is 0.0682 e. The Labute approximate surface area is 162 Å². The third kappa shape index (κ3) is 3.93. The standard InChI is InChI=1S/C23H33N3O/c1-17(14-26-22-8-3-2-5-19(22)12-24-26)13-25-15-20-6-4-7-21(25)11-23(20)27-16-18-9-10-18/h2-3,5,8,12,17-18,20-21,23H,4,6-7,9-11,13-16H2,1H3/t17?,20?,21-,23+/m1/s1. The van der Waals surface area contributed by atoms with Crippen molar-refractivity contribution in [3.05, 3.63) is 30.5 Å². The third-order valence-electron chi connectivity index (χ3n) is 6.95. The molecule has 3 heterocycles. The number of hydrogen-bond acceptors (Lipinski definition) is 3. The maximum absolute atomic E-state index is 6.37. The van der Waals surface area contributed by atoms with Crippen LogP contribution in [0.25, 0.3) is 10.9 Å². The summed E-state index contributed by atoms with van der Waals surface area (Å²) in [5.74, 6) is 2.24. The van der Waals surface area contributed by atoms with Crippen molar-refractivity contribution < 1.29 is 4.74 Å². The SMILES string of the molecule is CC(CN1CC2CCC[C@@H]1C[C@@H]2OCC1CC1)Cn1ncc2ccccc21. The van der Waals surface area contributed by atoms with Crippen LogP contribution in [0.3, 0.4) is 0 Å². The molecule has 0 amide bonds. The first-order valence-electron chi connectivity index (χ1n) is 11.0. The van der Waals surface area contributed by atoms with Crippen molar-refractivity contribution in [3.8, 4) is 0 Å². The van der Waals surface area contributed by atoms with Crippen molar-refractivity contribution in [2.24, 2.45) is 17.8 Å². The highest BCUT2D eigenvalue weighted by atomic mass is 16.5. The number of aromatic nitrogens is 2. The van der Waals surface area contributed by atoms with Crippen molar-refractivity contribution in [2.75, 3.05) is 19.7 Å². The molecule has 0 spiro atoms. The summed E-state index contributed by atoms with van der Waals surface area (Å²) in [4.78, 5) is 2.78. The zero-order valence-electron chi connectivity index (χ0n) is 16.6. The molecule has 2 aliphatic carbocycles. The van der Waals surface area contributed by atoms with Crippen LogP contribution < -0.4 is 0 Å². The molecule has 4 aliphatic rings. The maximum atomic E-state index is 6.37. The lowest BCUT2D eigenvalue weighted by atomic mass is 9.90. The van der Waals surface area contributed by atoms with Gasteiger partial charge in [-0.1, -0.05) is 31.5 Å². The van der Waals surface area contributed by atoms with E-state index in [0.29, 0.717) is 12.0 Å². The minimum absolute atomic E-state index is 0.528. The first-order valence-corrected chi connectivity index (χ1v) is 11.0. The highest BCUT2D eigenvalue weighted by Crippen LogP contribution is 2.37. The minimum Gasteiger partial charge on any atom is -0.378 e. The monoisotopic (exact) mass is 367 g/mol. The number of hydrogen-bond donors (Lipinski definition) is 0. The molecule has 1 aromatic heterocycles. The number of ether oxygens (including phenoxy) is 1. The Kier molecular flexibility index (Phi) is 4.95. The zero-order chi connectivity index (χ0) is 18.2. The predicted molar refractivity (Wildman–Crippen MR) is 109 cm³/mol. The molecule has 27 heavy (non-hydrogen) atoms. The molecule has 0 N–H and O–H groups in total. The van der Waals surface area contributed by atoms with Crippen LogP contribution in [0.1, 0.15) is 45.4 Å². The molecule has 2 saturated carbocycles. The van der Waals surface area contributed by atoms with Crippen LogP contribution in [-0.2, 0) is 11.3 Å². The Morgan fingerprint density at radius 1 is 1.15 bits per heavy atom. The molecule has 2 saturated heterocycles. The van der Waals surface area contributed by atoms with Crippen molar-refractivity contribution in [1.29, 1.82) is 0 Å². The minimum atomic E-state index is 0.528. The summed E-state index contributed by atoms with van der Waals surface area (Å²) < 4.78 is 8.56. The van der Waals surface area contributed by atoms with Gasteiger partial charge in [-0.2, -0.15) is 5.10 Å². The first kappa shape index (κ1) is 17.7. The summed E-state index contributed by atoms with van der Waals surface area (Å²) in [6, 6.07) is 9.27. The van der Waals surface area contributed by atoms with E-state index in [0.717, 1.165) is 31.0 Å². The van der Waals surface area contributed by atoms with Gasteiger partial charge in [0.1, 0.15) is 0 Å². The molecule has 1 aromatic carbocycles. The second-order valence-corrected chi connectivity index (χ2v) is 9.34. The summed E-state index contributed by atoms with van der Waals surface area (Å²) >= 11 is 0. The van der Waals surface area contributed by atoms with E-state index in [4.69, 9.17) is 4.74 Å². The summed E-state index contributed by atoms with van der Waals surface area (Å²) in [6.45, 7) is 6.84. The molecule has 2 aromatic rings. The molecule has 4 fully saturated rings. The van der Waals surface area contributed by atoms with Gasteiger partial charge in [0.2, 0.25) is 0 Å². The smallest absolute Gasteiger partial charge is 0.0682 e. The van der Waals surface area contributed by atoms with Gasteiger partial charge in [-0.3, -0.25) is 9.58 Å². The molecule has 0 radical (unpaired) electrons. The van der Waals surface area contributed by atoms with Crippen molar-refractivity contribution in [3.63, 3.8) is 0 Å². The van der Waals surface area contributed by atoms with Crippen LogP contribution in [0.5, 0.6) is 0 Å². The van der Waals surface area contributed by atoms with Crippen LogP contribution in [0, 0.1) is 17.8 Å². The zero-order valence-corrected chi connectivity index (χ0v) is 16.6.